The van der Waals surface area contributed by atoms with Gasteiger partial charge in [-0.15, -0.1) is 0 Å². The highest BCUT2D eigenvalue weighted by molar-refractivity contribution is 14.1. The van der Waals surface area contributed by atoms with E-state index in [2.05, 4.69) is 27.7 Å². The van der Waals surface area contributed by atoms with Crippen LogP contribution in [-0.2, 0) is 11.3 Å². The van der Waals surface area contributed by atoms with Crippen LogP contribution in [0.3, 0.4) is 0 Å². The summed E-state index contributed by atoms with van der Waals surface area (Å²) in [5.41, 5.74) is 0. The number of hydrogen-bond acceptors (Lipinski definition) is 2. The zero-order valence-corrected chi connectivity index (χ0v) is 8.96. The summed E-state index contributed by atoms with van der Waals surface area (Å²) < 4.78 is 7.67. The van der Waals surface area contributed by atoms with Crippen LogP contribution in [0.1, 0.15) is 0 Å². The summed E-state index contributed by atoms with van der Waals surface area (Å²) in [5, 5.41) is 4.75. The van der Waals surface area contributed by atoms with Gasteiger partial charge in [0, 0.05) is 7.11 Å². The fraction of sp³-hybridized carbons (Fsp3) is 0.500. The molecule has 3 nitrogen and oxygen atoms in total. The molecule has 0 aliphatic carbocycles. The summed E-state index contributed by atoms with van der Waals surface area (Å²) in [6, 6.07) is 0. The monoisotopic (exact) mass is 286 g/mol. The molecule has 0 unspecified atom stereocenters. The molecule has 5 heteroatoms. The van der Waals surface area contributed by atoms with Crippen molar-refractivity contribution in [2.24, 2.45) is 0 Å². The smallest absolute Gasteiger partial charge is 0.118 e. The molecule has 0 aliphatic rings. The Morgan fingerprint density at radius 2 is 2.55 bits per heavy atom. The van der Waals surface area contributed by atoms with Crippen molar-refractivity contribution in [3.05, 3.63) is 14.9 Å². The van der Waals surface area contributed by atoms with Gasteiger partial charge in [0.25, 0.3) is 0 Å². The van der Waals surface area contributed by atoms with Crippen molar-refractivity contribution >= 4 is 34.2 Å². The van der Waals surface area contributed by atoms with E-state index in [0.717, 1.165) is 10.2 Å². The molecule has 62 valence electrons. The average molecular weight is 286 g/mol. The van der Waals surface area contributed by atoms with E-state index in [1.165, 1.54) is 0 Å². The van der Waals surface area contributed by atoms with Crippen LogP contribution in [0, 0.1) is 3.70 Å². The molecule has 0 spiro atoms. The quantitative estimate of drug-likeness (QED) is 0.792. The molecular weight excluding hydrogens is 278 g/mol. The molecule has 0 aromatic carbocycles. The molecule has 0 fully saturated rings. The third-order valence-corrected chi connectivity index (χ3v) is 2.97. The van der Waals surface area contributed by atoms with E-state index in [1.54, 1.807) is 13.3 Å². The lowest BCUT2D eigenvalue weighted by Gasteiger charge is -2.00. The van der Waals surface area contributed by atoms with Gasteiger partial charge in [-0.2, -0.15) is 5.10 Å². The van der Waals surface area contributed by atoms with Crippen LogP contribution in [0.25, 0.3) is 0 Å². The van der Waals surface area contributed by atoms with Crippen molar-refractivity contribution < 1.29 is 4.74 Å². The topological polar surface area (TPSA) is 27.1 Å². The molecular formula is C6H8ClIN2O. The Hall–Kier alpha value is 0.190. The molecule has 1 heterocycles. The summed E-state index contributed by atoms with van der Waals surface area (Å²) >= 11 is 7.93. The number of nitrogens with zero attached hydrogens (tertiary/aromatic N) is 2. The molecule has 1 rings (SSSR count). The van der Waals surface area contributed by atoms with Gasteiger partial charge in [0.1, 0.15) is 3.70 Å². The van der Waals surface area contributed by atoms with Gasteiger partial charge in [-0.05, 0) is 22.6 Å². The predicted octanol–water partition coefficient (Wildman–Crippen LogP) is 1.79. The largest absolute Gasteiger partial charge is 0.383 e. The molecule has 1 aromatic rings. The van der Waals surface area contributed by atoms with Gasteiger partial charge in [-0.3, -0.25) is 4.68 Å². The van der Waals surface area contributed by atoms with Crippen LogP contribution in [-0.4, -0.2) is 23.5 Å². The van der Waals surface area contributed by atoms with Crippen LogP contribution >= 0.6 is 34.2 Å². The molecule has 0 radical (unpaired) electrons. The van der Waals surface area contributed by atoms with E-state index in [4.69, 9.17) is 16.3 Å². The van der Waals surface area contributed by atoms with Gasteiger partial charge >= 0.3 is 0 Å². The minimum absolute atomic E-state index is 0.661. The molecule has 0 atom stereocenters. The second kappa shape index (κ2) is 4.27. The molecule has 0 N–H and O–H groups in total. The SMILES string of the molecule is COCCn1ncc(Cl)c1I. The number of rotatable bonds is 3. The lowest BCUT2D eigenvalue weighted by molar-refractivity contribution is 0.182. The van der Waals surface area contributed by atoms with E-state index in [-0.39, 0.29) is 0 Å². The third-order valence-electron chi connectivity index (χ3n) is 1.24. The van der Waals surface area contributed by atoms with Gasteiger partial charge in [-0.1, -0.05) is 11.6 Å². The van der Waals surface area contributed by atoms with Crippen LogP contribution < -0.4 is 0 Å². The predicted molar refractivity (Wildman–Crippen MR) is 51.8 cm³/mol. The van der Waals surface area contributed by atoms with Crippen LogP contribution in [0.2, 0.25) is 5.02 Å². The van der Waals surface area contributed by atoms with E-state index in [9.17, 15) is 0 Å². The summed E-state index contributed by atoms with van der Waals surface area (Å²) in [5.74, 6) is 0. The van der Waals surface area contributed by atoms with Crippen molar-refractivity contribution in [1.82, 2.24) is 9.78 Å². The second-order valence-electron chi connectivity index (χ2n) is 2.00. The van der Waals surface area contributed by atoms with Crippen LogP contribution in [0.5, 0.6) is 0 Å². The Morgan fingerprint density at radius 1 is 1.82 bits per heavy atom. The van der Waals surface area contributed by atoms with Crippen molar-refractivity contribution in [2.75, 3.05) is 13.7 Å². The number of ether oxygens (including phenoxy) is 1. The van der Waals surface area contributed by atoms with Crippen molar-refractivity contribution in [2.45, 2.75) is 6.54 Å². The zero-order valence-electron chi connectivity index (χ0n) is 6.05. The molecule has 0 saturated carbocycles. The summed E-state index contributed by atoms with van der Waals surface area (Å²) in [4.78, 5) is 0. The van der Waals surface area contributed by atoms with Gasteiger partial charge in [0.05, 0.1) is 24.4 Å². The summed E-state index contributed by atoms with van der Waals surface area (Å²) in [7, 11) is 1.66. The first-order valence-corrected chi connectivity index (χ1v) is 4.57. The lowest BCUT2D eigenvalue weighted by Crippen LogP contribution is -2.07. The Kier molecular flexibility index (Phi) is 3.61. The van der Waals surface area contributed by atoms with E-state index < -0.39 is 0 Å². The van der Waals surface area contributed by atoms with Crippen molar-refractivity contribution in [3.63, 3.8) is 0 Å². The minimum atomic E-state index is 0.661. The third kappa shape index (κ3) is 2.31. The lowest BCUT2D eigenvalue weighted by atomic mass is 10.7. The fourth-order valence-electron chi connectivity index (χ4n) is 0.681. The van der Waals surface area contributed by atoms with Gasteiger partial charge in [0.15, 0.2) is 0 Å². The molecule has 0 saturated heterocycles. The molecule has 0 amide bonds. The first kappa shape index (κ1) is 9.28. The van der Waals surface area contributed by atoms with Crippen molar-refractivity contribution in [1.29, 1.82) is 0 Å². The number of methoxy groups -OCH3 is 1. The second-order valence-corrected chi connectivity index (χ2v) is 3.43. The van der Waals surface area contributed by atoms with Crippen LogP contribution in [0.4, 0.5) is 0 Å². The van der Waals surface area contributed by atoms with Crippen LogP contribution in [0.15, 0.2) is 6.20 Å². The first-order valence-electron chi connectivity index (χ1n) is 3.11. The highest BCUT2D eigenvalue weighted by atomic mass is 127. The first-order chi connectivity index (χ1) is 5.25. The summed E-state index contributed by atoms with van der Waals surface area (Å²) in [6.45, 7) is 1.41. The molecule has 1 aromatic heterocycles. The minimum Gasteiger partial charge on any atom is -0.383 e. The maximum Gasteiger partial charge on any atom is 0.118 e. The van der Waals surface area contributed by atoms with E-state index in [1.807, 2.05) is 4.68 Å². The molecule has 0 bridgehead atoms. The average Bonchev–Trinajstić information content (AvgIpc) is 2.31. The maximum atomic E-state index is 5.78. The van der Waals surface area contributed by atoms with E-state index >= 15 is 0 Å². The van der Waals surface area contributed by atoms with E-state index in [0.29, 0.717) is 11.6 Å². The van der Waals surface area contributed by atoms with Gasteiger partial charge in [-0.25, -0.2) is 0 Å². The summed E-state index contributed by atoms with van der Waals surface area (Å²) in [6.07, 6.45) is 1.64. The molecule has 0 aliphatic heterocycles. The maximum absolute atomic E-state index is 5.78. The Morgan fingerprint density at radius 3 is 3.00 bits per heavy atom. The van der Waals surface area contributed by atoms with Gasteiger partial charge in [0.2, 0.25) is 0 Å². The highest BCUT2D eigenvalue weighted by Gasteiger charge is 2.03. The fourth-order valence-corrected chi connectivity index (χ4v) is 1.33. The van der Waals surface area contributed by atoms with Crippen molar-refractivity contribution in [3.8, 4) is 0 Å². The molecule has 11 heavy (non-hydrogen) atoms. The van der Waals surface area contributed by atoms with Gasteiger partial charge < -0.3 is 4.74 Å². The highest BCUT2D eigenvalue weighted by Crippen LogP contribution is 2.16. The normalized spacial score (nSPS) is 10.5. The Bertz CT molecular complexity index is 238. The Labute approximate surface area is 83.8 Å². The number of hydrogen-bond donors (Lipinski definition) is 0. The standard InChI is InChI=1S/C6H8ClIN2O/c1-11-3-2-10-6(8)5(7)4-9-10/h4H,2-3H2,1H3. The Balaban J connectivity index is 2.63. The number of halogens is 2. The number of aromatic nitrogens is 2. The zero-order chi connectivity index (χ0) is 8.27.